The predicted octanol–water partition coefficient (Wildman–Crippen LogP) is 3.04. The average Bonchev–Trinajstić information content (AvgIpc) is 3.10. The number of aryl methyl sites for hydroxylation is 1. The number of sulfonamides is 1. The molecule has 0 spiro atoms. The van der Waals surface area contributed by atoms with Gasteiger partial charge in [0.05, 0.1) is 24.1 Å². The summed E-state index contributed by atoms with van der Waals surface area (Å²) in [6.07, 6.45) is 1.56. The van der Waals surface area contributed by atoms with Crippen molar-refractivity contribution in [2.24, 2.45) is 0 Å². The van der Waals surface area contributed by atoms with Crippen molar-refractivity contribution in [1.29, 1.82) is 0 Å². The summed E-state index contributed by atoms with van der Waals surface area (Å²) in [5, 5.41) is 1.47. The van der Waals surface area contributed by atoms with Crippen molar-refractivity contribution in [2.75, 3.05) is 14.2 Å². The molecule has 1 aliphatic heterocycles. The molecule has 3 aromatic rings. The van der Waals surface area contributed by atoms with Crippen LogP contribution in [0.2, 0.25) is 5.02 Å². The Balaban J connectivity index is 1.63. The lowest BCUT2D eigenvalue weighted by molar-refractivity contribution is -0.139. The summed E-state index contributed by atoms with van der Waals surface area (Å²) in [6.45, 7) is 0.497. The number of rotatable bonds is 5. The van der Waals surface area contributed by atoms with E-state index >= 15 is 0 Å². The van der Waals surface area contributed by atoms with E-state index in [1.54, 1.807) is 19.2 Å². The van der Waals surface area contributed by atoms with E-state index in [2.05, 4.69) is 15.6 Å². The maximum absolute atomic E-state index is 13.1. The number of hydrogen-bond donors (Lipinski definition) is 0. The van der Waals surface area contributed by atoms with E-state index in [1.165, 1.54) is 23.5 Å². The first-order valence-electron chi connectivity index (χ1n) is 9.58. The topological polar surface area (TPSA) is 81.5 Å². The van der Waals surface area contributed by atoms with E-state index in [0.29, 0.717) is 23.7 Å². The third-order valence-electron chi connectivity index (χ3n) is 5.57. The Morgan fingerprint density at radius 2 is 2.00 bits per heavy atom. The molecule has 30 heavy (non-hydrogen) atoms. The molecule has 0 aliphatic carbocycles. The highest BCUT2D eigenvalue weighted by Gasteiger charge is 2.31. The number of ether oxygens (including phenoxy) is 1. The van der Waals surface area contributed by atoms with Crippen LogP contribution in [0.4, 0.5) is 0 Å². The number of esters is 1. The van der Waals surface area contributed by atoms with Gasteiger partial charge in [-0.25, -0.2) is 13.4 Å². The summed E-state index contributed by atoms with van der Waals surface area (Å²) in [6, 6.07) is 11.8. The van der Waals surface area contributed by atoms with E-state index < -0.39 is 10.0 Å². The lowest BCUT2D eigenvalue weighted by Gasteiger charge is -2.32. The molecule has 7 nitrogen and oxygen atoms in total. The number of pyridine rings is 1. The fourth-order valence-electron chi connectivity index (χ4n) is 3.83. The van der Waals surface area contributed by atoms with Crippen molar-refractivity contribution >= 4 is 38.6 Å². The molecule has 3 heterocycles. The van der Waals surface area contributed by atoms with Crippen LogP contribution in [0, 0.1) is 0 Å². The van der Waals surface area contributed by atoms with Gasteiger partial charge in [-0.05, 0) is 55.3 Å². The molecule has 0 amide bonds. The smallest absolute Gasteiger partial charge is 0.311 e. The van der Waals surface area contributed by atoms with Gasteiger partial charge in [0, 0.05) is 35.7 Å². The molecule has 4 rings (SSSR count). The van der Waals surface area contributed by atoms with Crippen molar-refractivity contribution in [3.8, 4) is 0 Å². The van der Waals surface area contributed by atoms with Crippen molar-refractivity contribution < 1.29 is 17.9 Å². The molecule has 0 fully saturated rings. The number of likely N-dealkylation sites (N-methyl/N-ethyl adjacent to an activating group) is 1. The highest BCUT2D eigenvalue weighted by Crippen LogP contribution is 2.29. The van der Waals surface area contributed by atoms with Gasteiger partial charge in [-0.3, -0.25) is 4.79 Å². The van der Waals surface area contributed by atoms with Crippen LogP contribution in [0.25, 0.3) is 11.0 Å². The number of methoxy groups -OCH3 is 1. The Morgan fingerprint density at radius 3 is 2.70 bits per heavy atom. The molecule has 2 aromatic heterocycles. The van der Waals surface area contributed by atoms with Gasteiger partial charge in [0.2, 0.25) is 10.0 Å². The number of nitrogens with zero attached hydrogens (tertiary/aromatic N) is 3. The van der Waals surface area contributed by atoms with Crippen molar-refractivity contribution in [3.05, 3.63) is 58.9 Å². The molecule has 0 bridgehead atoms. The Bertz CT molecular complexity index is 1200. The quantitative estimate of drug-likeness (QED) is 0.561. The van der Waals surface area contributed by atoms with E-state index in [9.17, 15) is 13.2 Å². The van der Waals surface area contributed by atoms with Crippen LogP contribution < -0.4 is 0 Å². The molecule has 0 saturated heterocycles. The van der Waals surface area contributed by atoms with Gasteiger partial charge in [0.15, 0.2) is 0 Å². The first-order chi connectivity index (χ1) is 14.3. The SMILES string of the molecule is COC(=O)Cc1ccc2cc3n(c2n1)CC(N(C)S(=O)(=O)c1ccc(Cl)cc1)CC3. The zero-order valence-corrected chi connectivity index (χ0v) is 18.3. The standard InChI is InChI=1S/C21H22ClN3O4S/c1-24(30(27,28)19-9-4-15(22)5-10-19)18-8-7-17-11-14-3-6-16(12-20(26)29-2)23-21(14)25(17)13-18/h3-6,9-11,18H,7-8,12-13H2,1-2H3. The molecular weight excluding hydrogens is 426 g/mol. The normalized spacial score (nSPS) is 16.6. The minimum Gasteiger partial charge on any atom is -0.469 e. The molecule has 1 aliphatic rings. The second kappa shape index (κ2) is 8.02. The Kier molecular flexibility index (Phi) is 5.57. The van der Waals surface area contributed by atoms with E-state index in [0.717, 1.165) is 23.1 Å². The van der Waals surface area contributed by atoms with Gasteiger partial charge in [-0.15, -0.1) is 0 Å². The summed E-state index contributed by atoms with van der Waals surface area (Å²) in [7, 11) is -0.681. The molecule has 1 aromatic carbocycles. The van der Waals surface area contributed by atoms with Crippen LogP contribution in [0.5, 0.6) is 0 Å². The summed E-state index contributed by atoms with van der Waals surface area (Å²) in [5.74, 6) is -0.348. The first kappa shape index (κ1) is 20.8. The van der Waals surface area contributed by atoms with Crippen LogP contribution in [0.1, 0.15) is 17.8 Å². The van der Waals surface area contributed by atoms with E-state index in [-0.39, 0.29) is 23.3 Å². The summed E-state index contributed by atoms with van der Waals surface area (Å²) in [5.41, 5.74) is 2.49. The highest BCUT2D eigenvalue weighted by molar-refractivity contribution is 7.89. The maximum Gasteiger partial charge on any atom is 0.311 e. The Labute approximate surface area is 180 Å². The molecular formula is C21H22ClN3O4S. The fourth-order valence-corrected chi connectivity index (χ4v) is 5.34. The van der Waals surface area contributed by atoms with Crippen LogP contribution in [-0.4, -0.2) is 48.4 Å². The van der Waals surface area contributed by atoms with Crippen molar-refractivity contribution in [2.45, 2.75) is 36.7 Å². The van der Waals surface area contributed by atoms with Gasteiger partial charge in [-0.2, -0.15) is 4.31 Å². The summed E-state index contributed by atoms with van der Waals surface area (Å²) < 4.78 is 34.4. The number of carbonyl (C=O) groups excluding carboxylic acids is 1. The number of carbonyl (C=O) groups is 1. The third kappa shape index (κ3) is 3.82. The second-order valence-corrected chi connectivity index (χ2v) is 9.82. The van der Waals surface area contributed by atoms with Crippen LogP contribution in [0.3, 0.4) is 0 Å². The van der Waals surface area contributed by atoms with E-state index in [4.69, 9.17) is 16.3 Å². The summed E-state index contributed by atoms with van der Waals surface area (Å²) in [4.78, 5) is 16.5. The van der Waals surface area contributed by atoms with Gasteiger partial charge < -0.3 is 9.30 Å². The van der Waals surface area contributed by atoms with Crippen LogP contribution in [0.15, 0.2) is 47.4 Å². The number of aromatic nitrogens is 2. The molecule has 0 N–H and O–H groups in total. The molecule has 1 unspecified atom stereocenters. The minimum absolute atomic E-state index is 0.0984. The van der Waals surface area contributed by atoms with Gasteiger partial charge in [0.25, 0.3) is 0 Å². The highest BCUT2D eigenvalue weighted by atomic mass is 35.5. The number of hydrogen-bond acceptors (Lipinski definition) is 5. The average molecular weight is 448 g/mol. The second-order valence-electron chi connectivity index (χ2n) is 7.38. The van der Waals surface area contributed by atoms with Crippen LogP contribution in [-0.2, 0) is 38.9 Å². The first-order valence-corrected chi connectivity index (χ1v) is 11.4. The lowest BCUT2D eigenvalue weighted by Crippen LogP contribution is -2.42. The van der Waals surface area contributed by atoms with Gasteiger partial charge in [-0.1, -0.05) is 11.6 Å². The molecule has 0 radical (unpaired) electrons. The summed E-state index contributed by atoms with van der Waals surface area (Å²) >= 11 is 5.90. The zero-order chi connectivity index (χ0) is 21.5. The van der Waals surface area contributed by atoms with Gasteiger partial charge in [0.1, 0.15) is 5.65 Å². The lowest BCUT2D eigenvalue weighted by atomic mass is 10.1. The number of halogens is 1. The Hall–Kier alpha value is -2.42. The molecule has 1 atom stereocenters. The molecule has 0 saturated carbocycles. The zero-order valence-electron chi connectivity index (χ0n) is 16.7. The third-order valence-corrected chi connectivity index (χ3v) is 7.75. The number of benzene rings is 1. The Morgan fingerprint density at radius 1 is 1.27 bits per heavy atom. The van der Waals surface area contributed by atoms with Crippen molar-refractivity contribution in [3.63, 3.8) is 0 Å². The predicted molar refractivity (Wildman–Crippen MR) is 114 cm³/mol. The van der Waals surface area contributed by atoms with Gasteiger partial charge >= 0.3 is 5.97 Å². The maximum atomic E-state index is 13.1. The van der Waals surface area contributed by atoms with E-state index in [1.807, 2.05) is 12.1 Å². The van der Waals surface area contributed by atoms with Crippen LogP contribution >= 0.6 is 11.6 Å². The number of fused-ring (bicyclic) bond motifs is 3. The largest absolute Gasteiger partial charge is 0.469 e. The monoisotopic (exact) mass is 447 g/mol. The minimum atomic E-state index is -3.64. The molecule has 9 heteroatoms. The molecule has 158 valence electrons. The van der Waals surface area contributed by atoms with Crippen molar-refractivity contribution in [1.82, 2.24) is 13.9 Å². The fraction of sp³-hybridized carbons (Fsp3) is 0.333.